The van der Waals surface area contributed by atoms with E-state index in [4.69, 9.17) is 4.74 Å². The Bertz CT molecular complexity index is 445. The number of ether oxygens (including phenoxy) is 2. The van der Waals surface area contributed by atoms with Crippen molar-refractivity contribution >= 4 is 12.1 Å². The Hall–Kier alpha value is -2.04. The molecule has 0 radical (unpaired) electrons. The van der Waals surface area contributed by atoms with Crippen molar-refractivity contribution in [3.05, 3.63) is 35.9 Å². The minimum Gasteiger partial charge on any atom is -0.469 e. The highest BCUT2D eigenvalue weighted by atomic mass is 16.5. The summed E-state index contributed by atoms with van der Waals surface area (Å²) in [5, 5.41) is 2.72. The Morgan fingerprint density at radius 1 is 1.19 bits per heavy atom. The second kappa shape index (κ2) is 9.00. The number of methoxy groups -OCH3 is 1. The van der Waals surface area contributed by atoms with E-state index in [0.29, 0.717) is 12.3 Å². The first-order chi connectivity index (χ1) is 10.0. The van der Waals surface area contributed by atoms with E-state index in [-0.39, 0.29) is 25.0 Å². The van der Waals surface area contributed by atoms with Gasteiger partial charge in [-0.25, -0.2) is 4.79 Å². The third kappa shape index (κ3) is 7.34. The van der Waals surface area contributed by atoms with Crippen molar-refractivity contribution in [1.82, 2.24) is 5.32 Å². The average Bonchev–Trinajstić information content (AvgIpc) is 2.45. The third-order valence-electron chi connectivity index (χ3n) is 2.93. The zero-order valence-electron chi connectivity index (χ0n) is 12.8. The number of alkyl carbamates (subject to hydrolysis) is 1. The molecular weight excluding hydrogens is 270 g/mol. The molecular formula is C16H23NO4. The summed E-state index contributed by atoms with van der Waals surface area (Å²) in [6.45, 7) is 4.27. The van der Waals surface area contributed by atoms with Gasteiger partial charge in [-0.2, -0.15) is 0 Å². The first kappa shape index (κ1) is 17.0. The molecule has 0 spiro atoms. The number of rotatable bonds is 7. The van der Waals surface area contributed by atoms with Gasteiger partial charge in [0.2, 0.25) is 0 Å². The molecule has 1 aromatic rings. The maximum Gasteiger partial charge on any atom is 0.407 e. The van der Waals surface area contributed by atoms with Crippen LogP contribution in [0.3, 0.4) is 0 Å². The van der Waals surface area contributed by atoms with Gasteiger partial charge in [0.15, 0.2) is 0 Å². The quantitative estimate of drug-likeness (QED) is 0.785. The third-order valence-corrected chi connectivity index (χ3v) is 2.93. The number of esters is 1. The Labute approximate surface area is 125 Å². The Morgan fingerprint density at radius 3 is 2.43 bits per heavy atom. The Kier molecular flexibility index (Phi) is 7.29. The van der Waals surface area contributed by atoms with Crippen molar-refractivity contribution in [3.8, 4) is 0 Å². The minimum absolute atomic E-state index is 0.148. The molecule has 5 nitrogen and oxygen atoms in total. The van der Waals surface area contributed by atoms with Crippen molar-refractivity contribution < 1.29 is 19.1 Å². The Balaban J connectivity index is 2.45. The molecule has 0 aliphatic heterocycles. The summed E-state index contributed by atoms with van der Waals surface area (Å²) in [7, 11) is 1.34. The molecule has 0 aliphatic carbocycles. The van der Waals surface area contributed by atoms with Crippen molar-refractivity contribution in [2.24, 2.45) is 5.92 Å². The van der Waals surface area contributed by atoms with Crippen LogP contribution in [0, 0.1) is 5.92 Å². The van der Waals surface area contributed by atoms with Crippen LogP contribution in [0.5, 0.6) is 0 Å². The maximum atomic E-state index is 11.8. The average molecular weight is 293 g/mol. The molecule has 1 N–H and O–H groups in total. The lowest BCUT2D eigenvalue weighted by atomic mass is 10.0. The van der Waals surface area contributed by atoms with Gasteiger partial charge in [0, 0.05) is 6.04 Å². The number of hydrogen-bond donors (Lipinski definition) is 1. The lowest BCUT2D eigenvalue weighted by Crippen LogP contribution is -2.38. The Morgan fingerprint density at radius 2 is 1.86 bits per heavy atom. The van der Waals surface area contributed by atoms with Crippen LogP contribution in [0.1, 0.15) is 32.3 Å². The van der Waals surface area contributed by atoms with Gasteiger partial charge in [-0.05, 0) is 17.9 Å². The number of carbonyl (C=O) groups is 2. The van der Waals surface area contributed by atoms with Gasteiger partial charge in [-0.15, -0.1) is 0 Å². The summed E-state index contributed by atoms with van der Waals surface area (Å²) in [5.41, 5.74) is 0.918. The van der Waals surface area contributed by atoms with Gasteiger partial charge < -0.3 is 14.8 Å². The topological polar surface area (TPSA) is 64.6 Å². The fourth-order valence-electron chi connectivity index (χ4n) is 1.98. The summed E-state index contributed by atoms with van der Waals surface area (Å²) < 4.78 is 9.80. The van der Waals surface area contributed by atoms with Gasteiger partial charge in [0.25, 0.3) is 0 Å². The van der Waals surface area contributed by atoms with E-state index in [9.17, 15) is 9.59 Å². The van der Waals surface area contributed by atoms with Crippen molar-refractivity contribution in [2.75, 3.05) is 7.11 Å². The molecule has 21 heavy (non-hydrogen) atoms. The SMILES string of the molecule is COC(=O)C[C@H](CC(C)C)NC(=O)OCc1ccccc1. The molecule has 0 aliphatic rings. The lowest BCUT2D eigenvalue weighted by molar-refractivity contribution is -0.141. The monoisotopic (exact) mass is 293 g/mol. The molecule has 5 heteroatoms. The van der Waals surface area contributed by atoms with E-state index in [0.717, 1.165) is 5.56 Å². The van der Waals surface area contributed by atoms with Crippen LogP contribution in [0.25, 0.3) is 0 Å². The van der Waals surface area contributed by atoms with E-state index in [1.54, 1.807) is 0 Å². The van der Waals surface area contributed by atoms with Gasteiger partial charge in [0.05, 0.1) is 13.5 Å². The van der Waals surface area contributed by atoms with E-state index >= 15 is 0 Å². The molecule has 0 saturated heterocycles. The summed E-state index contributed by atoms with van der Waals surface area (Å²) in [5.74, 6) is 0.0121. The first-order valence-corrected chi connectivity index (χ1v) is 7.05. The molecule has 0 aromatic heterocycles. The van der Waals surface area contributed by atoms with Gasteiger partial charge in [0.1, 0.15) is 6.61 Å². The predicted molar refractivity (Wildman–Crippen MR) is 79.6 cm³/mol. The molecule has 1 aromatic carbocycles. The highest BCUT2D eigenvalue weighted by Gasteiger charge is 2.18. The highest BCUT2D eigenvalue weighted by molar-refractivity contribution is 5.72. The standard InChI is InChI=1S/C16H23NO4/c1-12(2)9-14(10-15(18)20-3)17-16(19)21-11-13-7-5-4-6-8-13/h4-8,12,14H,9-11H2,1-3H3,(H,17,19)/t14-/m0/s1. The summed E-state index contributed by atoms with van der Waals surface area (Å²) in [4.78, 5) is 23.1. The van der Waals surface area contributed by atoms with Crippen LogP contribution in [0.4, 0.5) is 4.79 Å². The second-order valence-electron chi connectivity index (χ2n) is 5.31. The molecule has 1 atom stereocenters. The van der Waals surface area contributed by atoms with Crippen LogP contribution in [0.15, 0.2) is 30.3 Å². The van der Waals surface area contributed by atoms with Crippen LogP contribution in [-0.4, -0.2) is 25.2 Å². The minimum atomic E-state index is -0.520. The molecule has 0 fully saturated rings. The van der Waals surface area contributed by atoms with Crippen LogP contribution in [-0.2, 0) is 20.9 Å². The molecule has 0 saturated carbocycles. The fourth-order valence-corrected chi connectivity index (χ4v) is 1.98. The molecule has 0 heterocycles. The van der Waals surface area contributed by atoms with Crippen molar-refractivity contribution in [1.29, 1.82) is 0 Å². The van der Waals surface area contributed by atoms with Crippen LogP contribution >= 0.6 is 0 Å². The first-order valence-electron chi connectivity index (χ1n) is 7.05. The van der Waals surface area contributed by atoms with E-state index in [1.165, 1.54) is 7.11 Å². The number of benzene rings is 1. The van der Waals surface area contributed by atoms with E-state index in [2.05, 4.69) is 10.1 Å². The van der Waals surface area contributed by atoms with Crippen molar-refractivity contribution in [2.45, 2.75) is 39.3 Å². The number of carbonyl (C=O) groups excluding carboxylic acids is 2. The van der Waals surface area contributed by atoms with Crippen LogP contribution in [0.2, 0.25) is 0 Å². The van der Waals surface area contributed by atoms with E-state index in [1.807, 2.05) is 44.2 Å². The molecule has 1 rings (SSSR count). The van der Waals surface area contributed by atoms with Gasteiger partial charge >= 0.3 is 12.1 Å². The number of nitrogens with one attached hydrogen (secondary N) is 1. The predicted octanol–water partition coefficient (Wildman–Crippen LogP) is 2.89. The summed E-state index contributed by atoms with van der Waals surface area (Å²) in [6.07, 6.45) is 0.318. The zero-order valence-corrected chi connectivity index (χ0v) is 12.8. The molecule has 1 amide bonds. The van der Waals surface area contributed by atoms with Crippen LogP contribution < -0.4 is 5.32 Å². The number of amides is 1. The normalized spacial score (nSPS) is 11.8. The molecule has 116 valence electrons. The molecule has 0 unspecified atom stereocenters. The van der Waals surface area contributed by atoms with Gasteiger partial charge in [-0.3, -0.25) is 4.79 Å². The second-order valence-corrected chi connectivity index (χ2v) is 5.31. The van der Waals surface area contributed by atoms with Gasteiger partial charge in [-0.1, -0.05) is 44.2 Å². The highest BCUT2D eigenvalue weighted by Crippen LogP contribution is 2.09. The lowest BCUT2D eigenvalue weighted by Gasteiger charge is -2.19. The van der Waals surface area contributed by atoms with Crippen molar-refractivity contribution in [3.63, 3.8) is 0 Å². The largest absolute Gasteiger partial charge is 0.469 e. The zero-order chi connectivity index (χ0) is 15.7. The smallest absolute Gasteiger partial charge is 0.407 e. The number of hydrogen-bond acceptors (Lipinski definition) is 4. The fraction of sp³-hybridized carbons (Fsp3) is 0.500. The maximum absolute atomic E-state index is 11.8. The summed E-state index contributed by atoms with van der Waals surface area (Å²) in [6, 6.07) is 9.16. The summed E-state index contributed by atoms with van der Waals surface area (Å²) >= 11 is 0. The van der Waals surface area contributed by atoms with E-state index < -0.39 is 6.09 Å². The molecule has 0 bridgehead atoms.